The minimum Gasteiger partial charge on any atom is -0.371 e. The van der Waals surface area contributed by atoms with Crippen LogP contribution in [0.5, 0.6) is 0 Å². The van der Waals surface area contributed by atoms with Crippen molar-refractivity contribution in [1.82, 2.24) is 5.32 Å². The topological polar surface area (TPSA) is 61.8 Å². The van der Waals surface area contributed by atoms with E-state index in [-0.39, 0.29) is 11.7 Å². The van der Waals surface area contributed by atoms with Gasteiger partial charge in [-0.15, -0.1) is 0 Å². The van der Waals surface area contributed by atoms with Crippen molar-refractivity contribution in [1.29, 1.82) is 0 Å². The number of carbonyl (C=O) groups is 2. The standard InChI is InChI=1S/C31H51N3O2/c1-7-11-13-25(9-3)21-34(22-26(10-4)14-12-8-2)28-16-17-29(23(5)19-28)33-27-15-18-31(36)30(20-27)32-24(6)35/h16-17,19,25-26,30H,7-15,18,20-22H2,1-6H3,(H,32,35)/b33-27-. The molecule has 0 saturated heterocycles. The summed E-state index contributed by atoms with van der Waals surface area (Å²) in [6.45, 7) is 15.1. The van der Waals surface area contributed by atoms with E-state index >= 15 is 0 Å². The molecule has 0 aromatic heterocycles. The zero-order valence-corrected chi connectivity index (χ0v) is 23.9. The van der Waals surface area contributed by atoms with Crippen LogP contribution in [0.1, 0.15) is 111 Å². The van der Waals surface area contributed by atoms with E-state index in [0.29, 0.717) is 19.3 Å². The molecule has 3 atom stereocenters. The van der Waals surface area contributed by atoms with E-state index in [1.807, 2.05) is 0 Å². The van der Waals surface area contributed by atoms with E-state index in [4.69, 9.17) is 4.99 Å². The smallest absolute Gasteiger partial charge is 0.217 e. The number of amides is 1. The molecule has 1 aliphatic rings. The third kappa shape index (κ3) is 9.71. The van der Waals surface area contributed by atoms with E-state index in [9.17, 15) is 9.59 Å². The molecule has 0 spiro atoms. The molecule has 0 heterocycles. The number of aryl methyl sites for hydroxylation is 1. The molecule has 1 fully saturated rings. The van der Waals surface area contributed by atoms with E-state index in [1.54, 1.807) is 0 Å². The van der Waals surface area contributed by atoms with Gasteiger partial charge < -0.3 is 10.2 Å². The molecule has 3 unspecified atom stereocenters. The maximum absolute atomic E-state index is 12.2. The molecular formula is C31H51N3O2. The van der Waals surface area contributed by atoms with Gasteiger partial charge in [-0.2, -0.15) is 0 Å². The largest absolute Gasteiger partial charge is 0.371 e. The summed E-state index contributed by atoms with van der Waals surface area (Å²) < 4.78 is 0. The number of unbranched alkanes of at least 4 members (excludes halogenated alkanes) is 2. The fraction of sp³-hybridized carbons (Fsp3) is 0.710. The van der Waals surface area contributed by atoms with Crippen LogP contribution in [0.25, 0.3) is 0 Å². The summed E-state index contributed by atoms with van der Waals surface area (Å²) in [5.41, 5.74) is 4.44. The van der Waals surface area contributed by atoms with Crippen LogP contribution in [0.15, 0.2) is 23.2 Å². The highest BCUT2D eigenvalue weighted by Gasteiger charge is 2.26. The van der Waals surface area contributed by atoms with Crippen molar-refractivity contribution >= 4 is 28.8 Å². The second-order valence-electron chi connectivity index (χ2n) is 10.8. The van der Waals surface area contributed by atoms with Crippen molar-refractivity contribution in [3.63, 3.8) is 0 Å². The van der Waals surface area contributed by atoms with Gasteiger partial charge in [0.1, 0.15) is 0 Å². The van der Waals surface area contributed by atoms with E-state index in [0.717, 1.165) is 36.3 Å². The lowest BCUT2D eigenvalue weighted by molar-refractivity contribution is -0.126. The van der Waals surface area contributed by atoms with Gasteiger partial charge in [0, 0.05) is 44.3 Å². The third-order valence-corrected chi connectivity index (χ3v) is 7.73. The summed E-state index contributed by atoms with van der Waals surface area (Å²) in [5.74, 6) is 1.39. The molecule has 1 aliphatic carbocycles. The van der Waals surface area contributed by atoms with Gasteiger partial charge in [0.05, 0.1) is 11.7 Å². The Kier molecular flexibility index (Phi) is 13.2. The van der Waals surface area contributed by atoms with Crippen LogP contribution >= 0.6 is 0 Å². The van der Waals surface area contributed by atoms with Crippen LogP contribution in [0.3, 0.4) is 0 Å². The second kappa shape index (κ2) is 15.8. The first kappa shape index (κ1) is 30.1. The van der Waals surface area contributed by atoms with Crippen LogP contribution in [0.2, 0.25) is 0 Å². The van der Waals surface area contributed by atoms with Gasteiger partial charge in [-0.25, -0.2) is 0 Å². The maximum atomic E-state index is 12.2. The van der Waals surface area contributed by atoms with Crippen molar-refractivity contribution in [2.75, 3.05) is 18.0 Å². The SMILES string of the molecule is CCCCC(CC)CN(CC(CC)CCCC)c1ccc(/N=C2/CCC(=O)C(NC(C)=O)C2)c(C)c1. The van der Waals surface area contributed by atoms with E-state index in [2.05, 4.69) is 63.0 Å². The number of nitrogens with zero attached hydrogens (tertiary/aromatic N) is 2. The Balaban J connectivity index is 2.25. The highest BCUT2D eigenvalue weighted by atomic mass is 16.2. The number of hydrogen-bond donors (Lipinski definition) is 1. The van der Waals surface area contributed by atoms with E-state index in [1.165, 1.54) is 69.5 Å². The van der Waals surface area contributed by atoms with Crippen molar-refractivity contribution in [2.24, 2.45) is 16.8 Å². The highest BCUT2D eigenvalue weighted by molar-refractivity contribution is 6.01. The molecule has 1 amide bonds. The fourth-order valence-corrected chi connectivity index (χ4v) is 5.25. The first-order valence-corrected chi connectivity index (χ1v) is 14.5. The molecular weight excluding hydrogens is 446 g/mol. The molecule has 36 heavy (non-hydrogen) atoms. The maximum Gasteiger partial charge on any atom is 0.217 e. The molecule has 1 N–H and O–H groups in total. The summed E-state index contributed by atoms with van der Waals surface area (Å²) in [6.07, 6.45) is 11.8. The Morgan fingerprint density at radius 2 is 1.64 bits per heavy atom. The number of carbonyl (C=O) groups excluding carboxylic acids is 2. The predicted octanol–water partition coefficient (Wildman–Crippen LogP) is 7.56. The number of Topliss-reactive ketones (excluding diaryl/α,β-unsaturated/α-hetero) is 1. The Bertz CT molecular complexity index is 845. The fourth-order valence-electron chi connectivity index (χ4n) is 5.25. The third-order valence-electron chi connectivity index (χ3n) is 7.73. The lowest BCUT2D eigenvalue weighted by atomic mass is 9.92. The Labute approximate surface area is 220 Å². The predicted molar refractivity (Wildman–Crippen MR) is 154 cm³/mol. The number of benzene rings is 1. The summed E-state index contributed by atoms with van der Waals surface area (Å²) >= 11 is 0. The van der Waals surface area contributed by atoms with Crippen molar-refractivity contribution in [3.05, 3.63) is 23.8 Å². The minimum atomic E-state index is -0.437. The Morgan fingerprint density at radius 3 is 2.14 bits per heavy atom. The molecule has 1 aromatic rings. The zero-order valence-electron chi connectivity index (χ0n) is 23.9. The monoisotopic (exact) mass is 497 g/mol. The first-order chi connectivity index (χ1) is 17.3. The number of hydrogen-bond acceptors (Lipinski definition) is 4. The van der Waals surface area contributed by atoms with Gasteiger partial charge in [-0.05, 0) is 61.8 Å². The van der Waals surface area contributed by atoms with Gasteiger partial charge in [-0.3, -0.25) is 14.6 Å². The Hall–Kier alpha value is -2.17. The first-order valence-electron chi connectivity index (χ1n) is 14.5. The number of rotatable bonds is 15. The van der Waals surface area contributed by atoms with Gasteiger partial charge in [0.15, 0.2) is 5.78 Å². The number of anilines is 1. The summed E-state index contributed by atoms with van der Waals surface area (Å²) in [5, 5.41) is 2.79. The lowest BCUT2D eigenvalue weighted by Gasteiger charge is -2.33. The van der Waals surface area contributed by atoms with Crippen LogP contribution in [-0.4, -0.2) is 36.5 Å². The van der Waals surface area contributed by atoms with Crippen LogP contribution in [0, 0.1) is 18.8 Å². The zero-order chi connectivity index (χ0) is 26.5. The quantitative estimate of drug-likeness (QED) is 0.272. The number of aliphatic imine (C=N–C) groups is 1. The number of nitrogens with one attached hydrogen (secondary N) is 1. The second-order valence-corrected chi connectivity index (χ2v) is 10.8. The molecule has 1 aromatic carbocycles. The molecule has 0 bridgehead atoms. The van der Waals surface area contributed by atoms with Crippen LogP contribution < -0.4 is 10.2 Å². The summed E-state index contributed by atoms with van der Waals surface area (Å²) in [6, 6.07) is 6.25. The Morgan fingerprint density at radius 1 is 1.03 bits per heavy atom. The van der Waals surface area contributed by atoms with Gasteiger partial charge in [0.25, 0.3) is 0 Å². The molecule has 202 valence electrons. The molecule has 0 aliphatic heterocycles. The average molecular weight is 498 g/mol. The minimum absolute atomic E-state index is 0.106. The summed E-state index contributed by atoms with van der Waals surface area (Å²) in [4.78, 5) is 31.3. The molecule has 1 saturated carbocycles. The van der Waals surface area contributed by atoms with Gasteiger partial charge >= 0.3 is 0 Å². The van der Waals surface area contributed by atoms with Crippen LogP contribution in [0.4, 0.5) is 11.4 Å². The highest BCUT2D eigenvalue weighted by Crippen LogP contribution is 2.30. The normalized spacial score (nSPS) is 18.8. The molecule has 0 radical (unpaired) electrons. The lowest BCUT2D eigenvalue weighted by Crippen LogP contribution is -2.43. The average Bonchev–Trinajstić information content (AvgIpc) is 2.86. The van der Waals surface area contributed by atoms with Crippen molar-refractivity contribution in [3.8, 4) is 0 Å². The number of ketones is 1. The molecule has 2 rings (SSSR count). The molecule has 5 heteroatoms. The van der Waals surface area contributed by atoms with E-state index < -0.39 is 6.04 Å². The van der Waals surface area contributed by atoms with Crippen molar-refractivity contribution in [2.45, 2.75) is 118 Å². The van der Waals surface area contributed by atoms with Gasteiger partial charge in [0.2, 0.25) is 5.91 Å². The molecule has 5 nitrogen and oxygen atoms in total. The van der Waals surface area contributed by atoms with Gasteiger partial charge in [-0.1, -0.05) is 66.2 Å². The summed E-state index contributed by atoms with van der Waals surface area (Å²) in [7, 11) is 0. The van der Waals surface area contributed by atoms with Crippen LogP contribution in [-0.2, 0) is 9.59 Å². The van der Waals surface area contributed by atoms with Crippen molar-refractivity contribution < 1.29 is 9.59 Å².